The third-order valence-electron chi connectivity index (χ3n) is 4.86. The molecule has 4 rings (SSSR count). The summed E-state index contributed by atoms with van der Waals surface area (Å²) in [6.45, 7) is 4.34. The Morgan fingerprint density at radius 2 is 1.82 bits per heavy atom. The Hall–Kier alpha value is -3.12. The van der Waals surface area contributed by atoms with Crippen molar-refractivity contribution in [2.45, 2.75) is 6.92 Å². The lowest BCUT2D eigenvalue weighted by Crippen LogP contribution is -2.41. The van der Waals surface area contributed by atoms with Crippen molar-refractivity contribution in [3.05, 3.63) is 65.9 Å². The third-order valence-corrected chi connectivity index (χ3v) is 4.86. The summed E-state index contributed by atoms with van der Waals surface area (Å²) in [6.07, 6.45) is 0. The van der Waals surface area contributed by atoms with E-state index in [9.17, 15) is 4.79 Å². The van der Waals surface area contributed by atoms with E-state index in [-0.39, 0.29) is 5.91 Å². The van der Waals surface area contributed by atoms with E-state index in [0.717, 1.165) is 28.3 Å². The molecule has 0 saturated carbocycles. The van der Waals surface area contributed by atoms with Gasteiger partial charge in [0.05, 0.1) is 31.7 Å². The van der Waals surface area contributed by atoms with Crippen LogP contribution in [-0.2, 0) is 4.74 Å². The minimum Gasteiger partial charge on any atom is -0.497 e. The van der Waals surface area contributed by atoms with Gasteiger partial charge in [0.15, 0.2) is 0 Å². The number of nitrogens with zero attached hydrogens (tertiary/aromatic N) is 3. The normalized spacial score (nSPS) is 14.1. The number of benzene rings is 2. The van der Waals surface area contributed by atoms with E-state index in [4.69, 9.17) is 14.6 Å². The maximum absolute atomic E-state index is 13.2. The van der Waals surface area contributed by atoms with Crippen molar-refractivity contribution in [2.24, 2.45) is 0 Å². The molecule has 1 aromatic heterocycles. The molecular formula is C22H23N3O3. The molecule has 1 aliphatic rings. The van der Waals surface area contributed by atoms with Crippen molar-refractivity contribution in [1.29, 1.82) is 0 Å². The number of hydrogen-bond acceptors (Lipinski definition) is 4. The van der Waals surface area contributed by atoms with Crippen LogP contribution in [0.2, 0.25) is 0 Å². The highest BCUT2D eigenvalue weighted by Crippen LogP contribution is 2.25. The molecular weight excluding hydrogens is 354 g/mol. The number of methoxy groups -OCH3 is 1. The molecule has 2 aromatic carbocycles. The van der Waals surface area contributed by atoms with Crippen LogP contribution in [0, 0.1) is 6.92 Å². The number of ether oxygens (including phenoxy) is 2. The topological polar surface area (TPSA) is 56.6 Å². The molecule has 6 nitrogen and oxygen atoms in total. The molecule has 28 heavy (non-hydrogen) atoms. The van der Waals surface area contributed by atoms with Crippen LogP contribution in [0.5, 0.6) is 5.75 Å². The first-order valence-corrected chi connectivity index (χ1v) is 9.34. The Labute approximate surface area is 164 Å². The van der Waals surface area contributed by atoms with Gasteiger partial charge in [0.25, 0.3) is 5.91 Å². The summed E-state index contributed by atoms with van der Waals surface area (Å²) in [5.41, 5.74) is 4.22. The average Bonchev–Trinajstić information content (AvgIpc) is 3.19. The van der Waals surface area contributed by atoms with Crippen molar-refractivity contribution >= 4 is 5.91 Å². The van der Waals surface area contributed by atoms with Crippen LogP contribution < -0.4 is 4.74 Å². The second kappa shape index (κ2) is 7.86. The van der Waals surface area contributed by atoms with Gasteiger partial charge in [-0.2, -0.15) is 5.10 Å². The van der Waals surface area contributed by atoms with Gasteiger partial charge in [0.1, 0.15) is 11.4 Å². The highest BCUT2D eigenvalue weighted by molar-refractivity contribution is 5.94. The molecule has 1 aliphatic heterocycles. The number of amides is 1. The molecule has 0 radical (unpaired) electrons. The molecule has 144 valence electrons. The standard InChI is InChI=1S/C22H23N3O3/c1-16-4-3-5-18(14-16)25-21(22(26)24-10-12-28-13-11-24)15-20(23-25)17-6-8-19(27-2)9-7-17/h3-9,14-15H,10-13H2,1-2H3. The van der Waals surface area contributed by atoms with Gasteiger partial charge >= 0.3 is 0 Å². The minimum atomic E-state index is -0.0305. The molecule has 0 spiro atoms. The van der Waals surface area contributed by atoms with E-state index < -0.39 is 0 Å². The highest BCUT2D eigenvalue weighted by Gasteiger charge is 2.24. The predicted molar refractivity (Wildman–Crippen MR) is 107 cm³/mol. The molecule has 1 amide bonds. The van der Waals surface area contributed by atoms with Crippen LogP contribution in [-0.4, -0.2) is 54.0 Å². The van der Waals surface area contributed by atoms with Crippen LogP contribution in [0.15, 0.2) is 54.6 Å². The zero-order chi connectivity index (χ0) is 19.5. The Bertz CT molecular complexity index is 973. The monoisotopic (exact) mass is 377 g/mol. The Kier molecular flexibility index (Phi) is 5.12. The predicted octanol–water partition coefficient (Wildman–Crippen LogP) is 3.33. The van der Waals surface area contributed by atoms with Crippen molar-refractivity contribution in [2.75, 3.05) is 33.4 Å². The average molecular weight is 377 g/mol. The quantitative estimate of drug-likeness (QED) is 0.700. The summed E-state index contributed by atoms with van der Waals surface area (Å²) in [4.78, 5) is 15.0. The molecule has 6 heteroatoms. The number of carbonyl (C=O) groups excluding carboxylic acids is 1. The van der Waals surface area contributed by atoms with Crippen LogP contribution >= 0.6 is 0 Å². The largest absolute Gasteiger partial charge is 0.497 e. The van der Waals surface area contributed by atoms with Gasteiger partial charge in [-0.15, -0.1) is 0 Å². The molecule has 0 N–H and O–H groups in total. The summed E-state index contributed by atoms with van der Waals surface area (Å²) < 4.78 is 12.4. The smallest absolute Gasteiger partial charge is 0.272 e. The van der Waals surface area contributed by atoms with Crippen molar-refractivity contribution in [3.8, 4) is 22.7 Å². The summed E-state index contributed by atoms with van der Waals surface area (Å²) in [5, 5.41) is 4.76. The summed E-state index contributed by atoms with van der Waals surface area (Å²) >= 11 is 0. The second-order valence-electron chi connectivity index (χ2n) is 6.80. The zero-order valence-electron chi connectivity index (χ0n) is 16.1. The van der Waals surface area contributed by atoms with Crippen LogP contribution in [0.3, 0.4) is 0 Å². The first-order valence-electron chi connectivity index (χ1n) is 9.34. The van der Waals surface area contributed by atoms with Crippen LogP contribution in [0.25, 0.3) is 16.9 Å². The van der Waals surface area contributed by atoms with Crippen LogP contribution in [0.1, 0.15) is 16.1 Å². The van der Waals surface area contributed by atoms with E-state index in [1.54, 1.807) is 11.8 Å². The molecule has 0 atom stereocenters. The molecule has 0 aliphatic carbocycles. The first kappa shape index (κ1) is 18.3. The van der Waals surface area contributed by atoms with E-state index in [0.29, 0.717) is 32.0 Å². The Balaban J connectivity index is 1.77. The van der Waals surface area contributed by atoms with Gasteiger partial charge in [0, 0.05) is 18.7 Å². The van der Waals surface area contributed by atoms with Gasteiger partial charge in [0.2, 0.25) is 0 Å². The summed E-state index contributed by atoms with van der Waals surface area (Å²) in [7, 11) is 1.64. The molecule has 1 saturated heterocycles. The SMILES string of the molecule is COc1ccc(-c2cc(C(=O)N3CCOCC3)n(-c3cccc(C)c3)n2)cc1. The van der Waals surface area contributed by atoms with E-state index in [2.05, 4.69) is 0 Å². The first-order chi connectivity index (χ1) is 13.7. The summed E-state index contributed by atoms with van der Waals surface area (Å²) in [5.74, 6) is 0.753. The van der Waals surface area contributed by atoms with Gasteiger partial charge in [-0.1, -0.05) is 12.1 Å². The summed E-state index contributed by atoms with van der Waals surface area (Å²) in [6, 6.07) is 17.5. The number of aromatic nitrogens is 2. The number of rotatable bonds is 4. The lowest BCUT2D eigenvalue weighted by Gasteiger charge is -2.26. The highest BCUT2D eigenvalue weighted by atomic mass is 16.5. The Morgan fingerprint density at radius 1 is 1.07 bits per heavy atom. The van der Waals surface area contributed by atoms with Crippen molar-refractivity contribution in [1.82, 2.24) is 14.7 Å². The number of morpholine rings is 1. The second-order valence-corrected chi connectivity index (χ2v) is 6.80. The fourth-order valence-electron chi connectivity index (χ4n) is 3.32. The number of hydrogen-bond donors (Lipinski definition) is 0. The fraction of sp³-hybridized carbons (Fsp3) is 0.273. The lowest BCUT2D eigenvalue weighted by molar-refractivity contribution is 0.0297. The molecule has 0 bridgehead atoms. The van der Waals surface area contributed by atoms with Crippen LogP contribution in [0.4, 0.5) is 0 Å². The molecule has 0 unspecified atom stereocenters. The molecule has 3 aromatic rings. The molecule has 1 fully saturated rings. The van der Waals surface area contributed by atoms with E-state index in [1.165, 1.54) is 0 Å². The van der Waals surface area contributed by atoms with Crippen molar-refractivity contribution in [3.63, 3.8) is 0 Å². The minimum absolute atomic E-state index is 0.0305. The van der Waals surface area contributed by atoms with Gasteiger partial charge in [-0.05, 0) is 55.0 Å². The Morgan fingerprint density at radius 3 is 2.50 bits per heavy atom. The molecule has 2 heterocycles. The van der Waals surface area contributed by atoms with Gasteiger partial charge < -0.3 is 14.4 Å². The van der Waals surface area contributed by atoms with Gasteiger partial charge in [-0.3, -0.25) is 4.79 Å². The zero-order valence-corrected chi connectivity index (χ0v) is 16.1. The van der Waals surface area contributed by atoms with E-state index >= 15 is 0 Å². The van der Waals surface area contributed by atoms with Gasteiger partial charge in [-0.25, -0.2) is 4.68 Å². The van der Waals surface area contributed by atoms with E-state index in [1.807, 2.05) is 66.4 Å². The fourth-order valence-corrected chi connectivity index (χ4v) is 3.32. The maximum Gasteiger partial charge on any atom is 0.272 e. The lowest BCUT2D eigenvalue weighted by atomic mass is 10.1. The number of aryl methyl sites for hydroxylation is 1. The number of carbonyl (C=O) groups is 1. The maximum atomic E-state index is 13.2. The third kappa shape index (κ3) is 3.64. The van der Waals surface area contributed by atoms with Crippen molar-refractivity contribution < 1.29 is 14.3 Å².